The highest BCUT2D eigenvalue weighted by atomic mass is 35.5. The summed E-state index contributed by atoms with van der Waals surface area (Å²) >= 11 is 3.89. The number of halogens is 5. The summed E-state index contributed by atoms with van der Waals surface area (Å²) in [5.41, 5.74) is 3.81. The van der Waals surface area contributed by atoms with Gasteiger partial charge in [0.25, 0.3) is 11.8 Å². The first kappa shape index (κ1) is 28.2. The first-order valence-electron chi connectivity index (χ1n) is 10.3. The van der Waals surface area contributed by atoms with Gasteiger partial charge in [0.1, 0.15) is 22.9 Å². The number of benzene rings is 2. The van der Waals surface area contributed by atoms with Crippen LogP contribution in [0.1, 0.15) is 21.6 Å². The van der Waals surface area contributed by atoms with Crippen molar-refractivity contribution in [2.45, 2.75) is 18.0 Å². The lowest BCUT2D eigenvalue weighted by atomic mass is 10.1. The van der Waals surface area contributed by atoms with Crippen LogP contribution in [0.25, 0.3) is 0 Å². The van der Waals surface area contributed by atoms with Crippen LogP contribution in [0.15, 0.2) is 53.4 Å². The first-order valence-corrected chi connectivity index (χ1v) is 11.8. The normalized spacial score (nSPS) is 12.1. The van der Waals surface area contributed by atoms with Crippen molar-refractivity contribution < 1.29 is 36.4 Å². The van der Waals surface area contributed by atoms with E-state index >= 15 is 0 Å². The number of pyridine rings is 1. The summed E-state index contributed by atoms with van der Waals surface area (Å²) in [6, 6.07) is 9.09. The molecular formula is C23H19ClF4N4O4S. The molecule has 1 heterocycles. The molecule has 0 spiro atoms. The Morgan fingerprint density at radius 3 is 2.51 bits per heavy atom. The third-order valence-electron chi connectivity index (χ3n) is 4.91. The SMILES string of the molecule is Cc1nc(F)ccc1Oc1cc(C(F)(F)F)c(Cl)cc1C(=O)Nc1cccc([S@@+]([O-])N(C)C(=O)CN)c1. The molecule has 8 nitrogen and oxygen atoms in total. The highest BCUT2D eigenvalue weighted by Gasteiger charge is 2.35. The van der Waals surface area contributed by atoms with Gasteiger partial charge in [-0.1, -0.05) is 17.7 Å². The average molecular weight is 559 g/mol. The summed E-state index contributed by atoms with van der Waals surface area (Å²) in [4.78, 5) is 28.5. The van der Waals surface area contributed by atoms with Crippen molar-refractivity contribution in [1.29, 1.82) is 0 Å². The number of nitrogens with one attached hydrogen (secondary N) is 1. The van der Waals surface area contributed by atoms with Gasteiger partial charge in [-0.2, -0.15) is 21.9 Å². The zero-order valence-corrected chi connectivity index (χ0v) is 20.8. The summed E-state index contributed by atoms with van der Waals surface area (Å²) in [6.45, 7) is 1.01. The van der Waals surface area contributed by atoms with E-state index in [1.807, 2.05) is 0 Å². The maximum absolute atomic E-state index is 13.5. The van der Waals surface area contributed by atoms with E-state index in [0.29, 0.717) is 6.07 Å². The van der Waals surface area contributed by atoms with E-state index in [2.05, 4.69) is 10.3 Å². The van der Waals surface area contributed by atoms with Crippen LogP contribution < -0.4 is 15.8 Å². The zero-order chi connectivity index (χ0) is 27.5. The number of nitrogens with two attached hydrogens (primary N) is 1. The van der Waals surface area contributed by atoms with Gasteiger partial charge in [0.05, 0.1) is 35.4 Å². The summed E-state index contributed by atoms with van der Waals surface area (Å²) in [5.74, 6) is -2.92. The number of alkyl halides is 3. The van der Waals surface area contributed by atoms with Crippen molar-refractivity contribution in [3.8, 4) is 11.5 Å². The molecule has 0 aliphatic rings. The Hall–Kier alpha value is -3.39. The number of carbonyl (C=O) groups is 2. The number of likely N-dealkylation sites (N-methyl/N-ethyl adjacent to an activating group) is 1. The number of carbonyl (C=O) groups excluding carboxylic acids is 2. The zero-order valence-electron chi connectivity index (χ0n) is 19.2. The largest absolute Gasteiger partial charge is 0.588 e. The highest BCUT2D eigenvalue weighted by molar-refractivity contribution is 7.89. The summed E-state index contributed by atoms with van der Waals surface area (Å²) in [6.07, 6.45) is -4.86. The van der Waals surface area contributed by atoms with Crippen molar-refractivity contribution in [3.05, 3.63) is 76.3 Å². The van der Waals surface area contributed by atoms with Crippen molar-refractivity contribution >= 4 is 40.5 Å². The van der Waals surface area contributed by atoms with E-state index in [9.17, 15) is 31.7 Å². The molecule has 14 heteroatoms. The van der Waals surface area contributed by atoms with Gasteiger partial charge >= 0.3 is 6.18 Å². The van der Waals surface area contributed by atoms with Crippen LogP contribution in [0.3, 0.4) is 0 Å². The predicted molar refractivity (Wildman–Crippen MR) is 128 cm³/mol. The van der Waals surface area contributed by atoms with E-state index in [1.54, 1.807) is 0 Å². The maximum atomic E-state index is 13.5. The molecule has 0 aliphatic carbocycles. The Kier molecular flexibility index (Phi) is 8.64. The van der Waals surface area contributed by atoms with Crippen LogP contribution in [0, 0.1) is 12.9 Å². The third-order valence-corrected chi connectivity index (χ3v) is 6.58. The van der Waals surface area contributed by atoms with Crippen LogP contribution >= 0.6 is 11.6 Å². The van der Waals surface area contributed by atoms with Gasteiger partial charge in [-0.25, -0.2) is 4.98 Å². The number of amides is 2. The molecule has 0 radical (unpaired) electrons. The van der Waals surface area contributed by atoms with Gasteiger partial charge in [-0.15, -0.1) is 0 Å². The molecule has 2 aromatic carbocycles. The molecule has 0 unspecified atom stereocenters. The molecule has 1 aromatic heterocycles. The number of ether oxygens (including phenoxy) is 1. The number of hydrogen-bond acceptors (Lipinski definition) is 6. The maximum Gasteiger partial charge on any atom is 0.417 e. The number of nitrogens with zero attached hydrogens (tertiary/aromatic N) is 2. The number of aromatic nitrogens is 1. The quantitative estimate of drug-likeness (QED) is 0.247. The van der Waals surface area contributed by atoms with Gasteiger partial charge < -0.3 is 20.3 Å². The first-order chi connectivity index (χ1) is 17.3. The molecule has 196 valence electrons. The summed E-state index contributed by atoms with van der Waals surface area (Å²) in [7, 11) is 1.29. The minimum Gasteiger partial charge on any atom is -0.588 e. The van der Waals surface area contributed by atoms with Crippen LogP contribution in [0.4, 0.5) is 23.2 Å². The fourth-order valence-electron chi connectivity index (χ4n) is 3.04. The van der Waals surface area contributed by atoms with Crippen molar-refractivity contribution in [2.75, 3.05) is 18.9 Å². The van der Waals surface area contributed by atoms with Crippen molar-refractivity contribution in [1.82, 2.24) is 9.29 Å². The summed E-state index contributed by atoms with van der Waals surface area (Å²) < 4.78 is 72.9. The third kappa shape index (κ3) is 6.68. The number of anilines is 1. The van der Waals surface area contributed by atoms with Crippen molar-refractivity contribution in [2.24, 2.45) is 5.73 Å². The van der Waals surface area contributed by atoms with Gasteiger partial charge in [0.15, 0.2) is 4.90 Å². The second-order valence-corrected chi connectivity index (χ2v) is 9.40. The van der Waals surface area contributed by atoms with E-state index in [0.717, 1.165) is 22.5 Å². The molecule has 1 atom stereocenters. The minimum absolute atomic E-state index is 0.0289. The summed E-state index contributed by atoms with van der Waals surface area (Å²) in [5, 5.41) is 1.72. The second kappa shape index (κ2) is 11.3. The molecule has 3 aromatic rings. The van der Waals surface area contributed by atoms with Crippen molar-refractivity contribution in [3.63, 3.8) is 0 Å². The van der Waals surface area contributed by atoms with Gasteiger partial charge in [-0.05, 0) is 43.3 Å². The fourth-order valence-corrected chi connectivity index (χ4v) is 4.31. The molecule has 0 fully saturated rings. The molecule has 3 N–H and O–H groups in total. The van der Waals surface area contributed by atoms with Crippen LogP contribution in [-0.2, 0) is 22.3 Å². The Morgan fingerprint density at radius 1 is 1.19 bits per heavy atom. The monoisotopic (exact) mass is 558 g/mol. The minimum atomic E-state index is -4.86. The molecule has 37 heavy (non-hydrogen) atoms. The van der Waals surface area contributed by atoms with Crippen LogP contribution in [0.5, 0.6) is 11.5 Å². The van der Waals surface area contributed by atoms with E-state index < -0.39 is 51.6 Å². The Balaban J connectivity index is 1.98. The lowest BCUT2D eigenvalue weighted by Crippen LogP contribution is -2.37. The van der Waals surface area contributed by atoms with Crippen LogP contribution in [-0.4, -0.2) is 39.2 Å². The average Bonchev–Trinajstić information content (AvgIpc) is 2.84. The van der Waals surface area contributed by atoms with Gasteiger partial charge in [0.2, 0.25) is 5.95 Å². The standard InChI is InChI=1S/C23H19ClF4N4O4S/c1-12-18(6-7-20(25)30-12)36-19-10-16(23(26,27)28)17(24)9-15(19)22(34)31-13-4-3-5-14(8-13)37(35)32(2)21(33)11-29/h3-10H,11,29H2,1-2H3,(H,31,34)/t37-/m1/s1. The van der Waals surface area contributed by atoms with E-state index in [1.165, 1.54) is 38.2 Å². The molecule has 0 saturated carbocycles. The predicted octanol–water partition coefficient (Wildman–Crippen LogP) is 4.69. The molecule has 0 aliphatic heterocycles. The fraction of sp³-hybridized carbons (Fsp3) is 0.174. The number of rotatable bonds is 7. The van der Waals surface area contributed by atoms with Gasteiger partial charge in [0, 0.05) is 11.8 Å². The lowest BCUT2D eigenvalue weighted by molar-refractivity contribution is -0.137. The smallest absolute Gasteiger partial charge is 0.417 e. The lowest BCUT2D eigenvalue weighted by Gasteiger charge is -2.19. The molecule has 0 bridgehead atoms. The topological polar surface area (TPSA) is 121 Å². The molecule has 2 amide bonds. The van der Waals surface area contributed by atoms with E-state index in [4.69, 9.17) is 22.1 Å². The Bertz CT molecular complexity index is 1340. The number of hydrogen-bond donors (Lipinski definition) is 2. The van der Waals surface area contributed by atoms with Crippen LogP contribution in [0.2, 0.25) is 5.02 Å². The highest BCUT2D eigenvalue weighted by Crippen LogP contribution is 2.40. The van der Waals surface area contributed by atoms with E-state index in [-0.39, 0.29) is 34.1 Å². The Labute approximate surface area is 216 Å². The Morgan fingerprint density at radius 2 is 1.89 bits per heavy atom. The number of aryl methyl sites for hydroxylation is 1. The molecule has 3 rings (SSSR count). The molecule has 0 saturated heterocycles. The second-order valence-electron chi connectivity index (χ2n) is 7.47. The molecular weight excluding hydrogens is 540 g/mol. The van der Waals surface area contributed by atoms with Gasteiger partial charge in [-0.3, -0.25) is 9.59 Å².